The van der Waals surface area contributed by atoms with Crippen molar-refractivity contribution < 1.29 is 9.26 Å². The van der Waals surface area contributed by atoms with E-state index < -0.39 is 0 Å². The van der Waals surface area contributed by atoms with Gasteiger partial charge in [-0.05, 0) is 25.7 Å². The lowest BCUT2D eigenvalue weighted by Gasteiger charge is -2.11. The van der Waals surface area contributed by atoms with Crippen molar-refractivity contribution in [2.75, 3.05) is 6.61 Å². The van der Waals surface area contributed by atoms with Crippen molar-refractivity contribution >= 4 is 11.3 Å². The van der Waals surface area contributed by atoms with Crippen LogP contribution in [-0.4, -0.2) is 16.3 Å². The summed E-state index contributed by atoms with van der Waals surface area (Å²) in [5.41, 5.74) is 3.12. The Balaban J connectivity index is 1.70. The van der Waals surface area contributed by atoms with Crippen LogP contribution in [0.25, 0.3) is 0 Å². The smallest absolute Gasteiger partial charge is 0.307 e. The third-order valence-electron chi connectivity index (χ3n) is 4.37. The molecule has 0 unspecified atom stereocenters. The minimum Gasteiger partial charge on any atom is -0.376 e. The fraction of sp³-hybridized carbons (Fsp3) is 0.600. The molecule has 0 N–H and O–H groups in total. The first-order valence-electron chi connectivity index (χ1n) is 7.58. The predicted octanol–water partition coefficient (Wildman–Crippen LogP) is 2.29. The zero-order valence-electron chi connectivity index (χ0n) is 11.9. The highest BCUT2D eigenvalue weighted by Crippen LogP contribution is 2.25. The molecule has 0 saturated heterocycles. The highest BCUT2D eigenvalue weighted by atomic mass is 32.1. The van der Waals surface area contributed by atoms with Gasteiger partial charge in [-0.1, -0.05) is 22.9 Å². The van der Waals surface area contributed by atoms with Crippen molar-refractivity contribution in [3.63, 3.8) is 0 Å². The lowest BCUT2D eigenvalue weighted by atomic mass is 10.1. The number of nitrogens with zero attached hydrogens (tertiary/aromatic N) is 2. The van der Waals surface area contributed by atoms with Crippen LogP contribution in [0.1, 0.15) is 46.9 Å². The average Bonchev–Trinajstić information content (AvgIpc) is 2.94. The summed E-state index contributed by atoms with van der Waals surface area (Å²) < 4.78 is 12.8. The summed E-state index contributed by atoms with van der Waals surface area (Å²) in [7, 11) is 0. The number of hydrogen-bond donors (Lipinski definition) is 0. The molecule has 2 aromatic heterocycles. The number of aryl methyl sites for hydroxylation is 1. The van der Waals surface area contributed by atoms with Crippen molar-refractivity contribution in [1.82, 2.24) is 9.72 Å². The maximum atomic E-state index is 12.3. The first-order valence-corrected chi connectivity index (χ1v) is 8.40. The molecule has 0 amide bonds. The van der Waals surface area contributed by atoms with Crippen molar-refractivity contribution in [2.45, 2.75) is 51.7 Å². The summed E-state index contributed by atoms with van der Waals surface area (Å²) in [5.74, 6) is 0.922. The second-order valence-electron chi connectivity index (χ2n) is 5.72. The number of aromatic nitrogens is 2. The van der Waals surface area contributed by atoms with E-state index >= 15 is 0 Å². The van der Waals surface area contributed by atoms with Crippen molar-refractivity contribution in [1.29, 1.82) is 0 Å². The van der Waals surface area contributed by atoms with Gasteiger partial charge in [0.1, 0.15) is 11.5 Å². The Bertz CT molecular complexity index is 713. The maximum absolute atomic E-state index is 12.3. The minimum atomic E-state index is 0.135. The molecule has 0 saturated carbocycles. The number of fused-ring (bicyclic) bond motifs is 2. The summed E-state index contributed by atoms with van der Waals surface area (Å²) >= 11 is 1.41. The molecule has 4 rings (SSSR count). The molecule has 2 aliphatic rings. The van der Waals surface area contributed by atoms with Gasteiger partial charge in [0.15, 0.2) is 0 Å². The van der Waals surface area contributed by atoms with E-state index in [0.29, 0.717) is 19.8 Å². The van der Waals surface area contributed by atoms with Crippen molar-refractivity contribution in [3.05, 3.63) is 37.3 Å². The predicted molar refractivity (Wildman–Crippen MR) is 78.8 cm³/mol. The van der Waals surface area contributed by atoms with Gasteiger partial charge in [-0.2, -0.15) is 0 Å². The van der Waals surface area contributed by atoms with Gasteiger partial charge in [0.05, 0.1) is 19.8 Å². The Labute approximate surface area is 126 Å². The standard InChI is InChI=1S/C15H18N2O3S/c18-15-17(12-4-2-1-3-5-14(12)21-15)8-11-10-9-19-7-6-13(10)20-16-11/h1-9H2. The minimum absolute atomic E-state index is 0.135. The molecule has 0 atom stereocenters. The molecule has 0 aromatic carbocycles. The van der Waals surface area contributed by atoms with Crippen LogP contribution in [0.15, 0.2) is 9.32 Å². The molecule has 112 valence electrons. The van der Waals surface area contributed by atoms with Gasteiger partial charge < -0.3 is 9.26 Å². The summed E-state index contributed by atoms with van der Waals surface area (Å²) in [6.07, 6.45) is 6.44. The zero-order chi connectivity index (χ0) is 14.2. The Morgan fingerprint density at radius 3 is 3.05 bits per heavy atom. The van der Waals surface area contributed by atoms with E-state index in [0.717, 1.165) is 36.3 Å². The summed E-state index contributed by atoms with van der Waals surface area (Å²) in [5, 5.41) is 4.18. The van der Waals surface area contributed by atoms with Crippen molar-refractivity contribution in [2.24, 2.45) is 0 Å². The Kier molecular flexibility index (Phi) is 3.43. The lowest BCUT2D eigenvalue weighted by molar-refractivity contribution is 0.102. The van der Waals surface area contributed by atoms with E-state index in [1.165, 1.54) is 41.2 Å². The Morgan fingerprint density at radius 1 is 1.19 bits per heavy atom. The molecule has 0 radical (unpaired) electrons. The Morgan fingerprint density at radius 2 is 2.10 bits per heavy atom. The second kappa shape index (κ2) is 5.42. The largest absolute Gasteiger partial charge is 0.376 e. The zero-order valence-corrected chi connectivity index (χ0v) is 12.7. The maximum Gasteiger partial charge on any atom is 0.307 e. The van der Waals surface area contributed by atoms with E-state index in [-0.39, 0.29) is 4.87 Å². The monoisotopic (exact) mass is 306 g/mol. The summed E-state index contributed by atoms with van der Waals surface area (Å²) in [6, 6.07) is 0. The molecular formula is C15H18N2O3S. The highest BCUT2D eigenvalue weighted by Gasteiger charge is 2.23. The van der Waals surface area contributed by atoms with Crippen LogP contribution < -0.4 is 4.87 Å². The third-order valence-corrected chi connectivity index (χ3v) is 5.46. The first kappa shape index (κ1) is 13.3. The number of rotatable bonds is 2. The van der Waals surface area contributed by atoms with E-state index in [1.807, 2.05) is 4.57 Å². The van der Waals surface area contributed by atoms with Gasteiger partial charge in [0.25, 0.3) is 0 Å². The quantitative estimate of drug-likeness (QED) is 0.799. The first-order chi connectivity index (χ1) is 10.3. The van der Waals surface area contributed by atoms with Gasteiger partial charge in [0, 0.05) is 22.6 Å². The van der Waals surface area contributed by atoms with Gasteiger partial charge in [0.2, 0.25) is 0 Å². The van der Waals surface area contributed by atoms with E-state index in [9.17, 15) is 4.79 Å². The average molecular weight is 306 g/mol. The Hall–Kier alpha value is -1.40. The molecular weight excluding hydrogens is 288 g/mol. The van der Waals surface area contributed by atoms with Crippen LogP contribution in [0, 0.1) is 0 Å². The fourth-order valence-electron chi connectivity index (χ4n) is 3.22. The van der Waals surface area contributed by atoms with Crippen LogP contribution in [-0.2, 0) is 37.2 Å². The van der Waals surface area contributed by atoms with Gasteiger partial charge >= 0.3 is 4.87 Å². The second-order valence-corrected chi connectivity index (χ2v) is 6.76. The highest BCUT2D eigenvalue weighted by molar-refractivity contribution is 7.09. The number of hydrogen-bond acceptors (Lipinski definition) is 5. The van der Waals surface area contributed by atoms with E-state index in [1.54, 1.807) is 0 Å². The van der Waals surface area contributed by atoms with E-state index in [2.05, 4.69) is 5.16 Å². The van der Waals surface area contributed by atoms with Gasteiger partial charge in [-0.3, -0.25) is 9.36 Å². The molecule has 1 aliphatic carbocycles. The molecule has 0 spiro atoms. The summed E-state index contributed by atoms with van der Waals surface area (Å²) in [6.45, 7) is 1.76. The van der Waals surface area contributed by atoms with Crippen LogP contribution in [0.5, 0.6) is 0 Å². The topological polar surface area (TPSA) is 57.3 Å². The molecule has 5 nitrogen and oxygen atoms in total. The third kappa shape index (κ3) is 2.36. The van der Waals surface area contributed by atoms with Gasteiger partial charge in [-0.15, -0.1) is 0 Å². The molecule has 6 heteroatoms. The summed E-state index contributed by atoms with van der Waals surface area (Å²) in [4.78, 5) is 13.7. The number of ether oxygens (including phenoxy) is 1. The van der Waals surface area contributed by atoms with Crippen LogP contribution in [0.4, 0.5) is 0 Å². The fourth-order valence-corrected chi connectivity index (χ4v) is 4.29. The lowest BCUT2D eigenvalue weighted by Crippen LogP contribution is -2.19. The SMILES string of the molecule is O=c1sc2c(n1Cc1noc3c1COCC3)CCCCC2. The van der Waals surface area contributed by atoms with Crippen LogP contribution in [0.3, 0.4) is 0 Å². The molecule has 21 heavy (non-hydrogen) atoms. The normalized spacial score (nSPS) is 18.1. The van der Waals surface area contributed by atoms with Gasteiger partial charge in [-0.25, -0.2) is 0 Å². The molecule has 3 heterocycles. The molecule has 0 bridgehead atoms. The van der Waals surface area contributed by atoms with Crippen LogP contribution in [0.2, 0.25) is 0 Å². The molecule has 0 fully saturated rings. The van der Waals surface area contributed by atoms with Crippen molar-refractivity contribution in [3.8, 4) is 0 Å². The molecule has 2 aromatic rings. The van der Waals surface area contributed by atoms with E-state index in [4.69, 9.17) is 9.26 Å². The van der Waals surface area contributed by atoms with Crippen LogP contribution >= 0.6 is 11.3 Å². The number of thiazole rings is 1. The molecule has 1 aliphatic heterocycles.